The lowest BCUT2D eigenvalue weighted by Gasteiger charge is -2.27. The number of fused-ring (bicyclic) bond motifs is 4. The number of ether oxygens (including phenoxy) is 1. The number of aromatic nitrogens is 1. The SMILES string of the molecule is CCCCSSCC/C=C/[C@@H]1CC(=O)NCc2nc(cs2)C2=N[C@@](C)(CS2)C(=O)NC(C(C)C)C(=O)O1. The van der Waals surface area contributed by atoms with E-state index < -0.39 is 23.7 Å². The summed E-state index contributed by atoms with van der Waals surface area (Å²) >= 11 is 2.90. The van der Waals surface area contributed by atoms with Crippen LogP contribution in [-0.2, 0) is 25.7 Å². The minimum atomic E-state index is -1.01. The molecule has 0 aromatic carbocycles. The van der Waals surface area contributed by atoms with Gasteiger partial charge in [0.25, 0.3) is 0 Å². The molecule has 0 fully saturated rings. The number of aliphatic imine (C=N–C) groups is 1. The van der Waals surface area contributed by atoms with Crippen molar-refractivity contribution in [3.8, 4) is 0 Å². The van der Waals surface area contributed by atoms with Crippen LogP contribution in [0, 0.1) is 5.92 Å². The first-order valence-corrected chi connectivity index (χ1v) is 16.9. The summed E-state index contributed by atoms with van der Waals surface area (Å²) in [4.78, 5) is 48.4. The van der Waals surface area contributed by atoms with Gasteiger partial charge in [-0.05, 0) is 31.8 Å². The predicted molar refractivity (Wildman–Crippen MR) is 156 cm³/mol. The van der Waals surface area contributed by atoms with Gasteiger partial charge in [-0.2, -0.15) is 0 Å². The van der Waals surface area contributed by atoms with Crippen LogP contribution in [0.1, 0.15) is 64.1 Å². The first-order valence-electron chi connectivity index (χ1n) is 12.6. The predicted octanol–water partition coefficient (Wildman–Crippen LogP) is 4.60. The summed E-state index contributed by atoms with van der Waals surface area (Å²) < 4.78 is 5.78. The molecule has 0 spiro atoms. The summed E-state index contributed by atoms with van der Waals surface area (Å²) in [5.74, 6) is 1.22. The number of nitrogens with zero attached hydrogens (tertiary/aromatic N) is 2. The Balaban J connectivity index is 1.75. The summed E-state index contributed by atoms with van der Waals surface area (Å²) in [6.07, 6.45) is 6.22. The van der Waals surface area contributed by atoms with Crippen LogP contribution < -0.4 is 10.6 Å². The van der Waals surface area contributed by atoms with Crippen molar-refractivity contribution in [3.05, 3.63) is 28.2 Å². The van der Waals surface area contributed by atoms with Crippen molar-refractivity contribution in [2.24, 2.45) is 10.9 Å². The molecule has 3 rings (SSSR count). The lowest BCUT2D eigenvalue weighted by atomic mass is 10.0. The van der Waals surface area contributed by atoms with Crippen LogP contribution in [0.2, 0.25) is 0 Å². The number of cyclic esters (lactones) is 1. The van der Waals surface area contributed by atoms with Crippen molar-refractivity contribution in [1.82, 2.24) is 15.6 Å². The van der Waals surface area contributed by atoms with E-state index in [0.717, 1.165) is 22.9 Å². The fourth-order valence-electron chi connectivity index (χ4n) is 3.52. The molecule has 2 aliphatic heterocycles. The average molecular weight is 585 g/mol. The summed E-state index contributed by atoms with van der Waals surface area (Å²) in [7, 11) is 3.69. The quantitative estimate of drug-likeness (QED) is 0.188. The molecule has 2 aliphatic rings. The lowest BCUT2D eigenvalue weighted by Crippen LogP contribution is -2.53. The Morgan fingerprint density at radius 3 is 2.81 bits per heavy atom. The summed E-state index contributed by atoms with van der Waals surface area (Å²) in [6.45, 7) is 7.94. The van der Waals surface area contributed by atoms with Gasteiger partial charge >= 0.3 is 5.97 Å². The third kappa shape index (κ3) is 9.04. The number of thiazole rings is 1. The Hall–Kier alpha value is -1.50. The highest BCUT2D eigenvalue weighted by molar-refractivity contribution is 8.76. The van der Waals surface area contributed by atoms with Crippen LogP contribution in [0.25, 0.3) is 0 Å². The number of allylic oxidation sites excluding steroid dienone is 1. The molecule has 3 atom stereocenters. The fourth-order valence-corrected chi connectivity index (χ4v) is 7.66. The second kappa shape index (κ2) is 14.6. The van der Waals surface area contributed by atoms with Crippen molar-refractivity contribution in [3.63, 3.8) is 0 Å². The number of esters is 1. The molecule has 1 unspecified atom stereocenters. The maximum Gasteiger partial charge on any atom is 0.329 e. The molecule has 3 heterocycles. The van der Waals surface area contributed by atoms with Gasteiger partial charge in [-0.1, -0.05) is 54.9 Å². The maximum absolute atomic E-state index is 13.2. The molecule has 0 aliphatic carbocycles. The zero-order valence-corrected chi connectivity index (χ0v) is 25.0. The van der Waals surface area contributed by atoms with Gasteiger partial charge < -0.3 is 15.4 Å². The third-order valence-electron chi connectivity index (χ3n) is 5.78. The van der Waals surface area contributed by atoms with Crippen molar-refractivity contribution in [2.45, 2.75) is 77.6 Å². The summed E-state index contributed by atoms with van der Waals surface area (Å²) in [5.41, 5.74) is -0.302. The Labute approximate surface area is 235 Å². The van der Waals surface area contributed by atoms with Crippen LogP contribution in [0.5, 0.6) is 0 Å². The molecule has 0 radical (unpaired) electrons. The van der Waals surface area contributed by atoms with E-state index in [0.29, 0.717) is 16.5 Å². The number of amides is 2. The van der Waals surface area contributed by atoms with Gasteiger partial charge in [-0.25, -0.2) is 9.78 Å². The number of hydrogen-bond donors (Lipinski definition) is 2. The van der Waals surface area contributed by atoms with E-state index in [1.165, 1.54) is 35.9 Å². The van der Waals surface area contributed by atoms with E-state index in [1.54, 1.807) is 13.0 Å². The molecule has 0 saturated heterocycles. The zero-order valence-electron chi connectivity index (χ0n) is 21.8. The second-order valence-corrected chi connectivity index (χ2v) is 14.1. The van der Waals surface area contributed by atoms with Crippen LogP contribution >= 0.6 is 44.7 Å². The second-order valence-electron chi connectivity index (χ2n) is 9.47. The standard InChI is InChI=1S/C25H36N4O4S4/c1-5-6-10-36-37-11-8-7-9-17-12-19(30)26-13-20-27-18(14-34-20)22-29-25(4,15-35-22)24(32)28-21(16(2)3)23(31)33-17/h7,9,14,16-17,21H,5-6,8,10-13,15H2,1-4H3,(H,26,30)(H,28,32)/b9-7+/t17-,21?,25+/m1/s1. The van der Waals surface area contributed by atoms with Crippen molar-refractivity contribution in [1.29, 1.82) is 0 Å². The van der Waals surface area contributed by atoms with E-state index in [2.05, 4.69) is 27.5 Å². The van der Waals surface area contributed by atoms with E-state index in [1.807, 2.05) is 46.9 Å². The zero-order chi connectivity index (χ0) is 26.8. The molecule has 1 aromatic heterocycles. The molecule has 12 heteroatoms. The highest BCUT2D eigenvalue weighted by atomic mass is 33.1. The van der Waals surface area contributed by atoms with Gasteiger partial charge in [0.05, 0.1) is 13.0 Å². The Kier molecular flexibility index (Phi) is 11.9. The van der Waals surface area contributed by atoms with E-state index in [9.17, 15) is 14.4 Å². The number of carbonyl (C=O) groups excluding carboxylic acids is 3. The summed E-state index contributed by atoms with van der Waals surface area (Å²) in [6, 6.07) is -0.850. The third-order valence-corrected chi connectivity index (χ3v) is 10.4. The van der Waals surface area contributed by atoms with Gasteiger partial charge in [0.15, 0.2) is 0 Å². The molecule has 0 saturated carbocycles. The average Bonchev–Trinajstić information content (AvgIpc) is 3.49. The number of nitrogens with one attached hydrogen (secondary N) is 2. The monoisotopic (exact) mass is 584 g/mol. The normalized spacial score (nSPS) is 25.2. The first kappa shape index (κ1) is 30.0. The Morgan fingerprint density at radius 1 is 1.27 bits per heavy atom. The molecule has 4 bridgehead atoms. The van der Waals surface area contributed by atoms with E-state index in [4.69, 9.17) is 4.74 Å². The van der Waals surface area contributed by atoms with Gasteiger partial charge in [0.2, 0.25) is 11.8 Å². The number of carbonyl (C=O) groups is 3. The molecule has 8 nitrogen and oxygen atoms in total. The largest absolute Gasteiger partial charge is 0.456 e. The van der Waals surface area contributed by atoms with Gasteiger partial charge in [-0.3, -0.25) is 14.6 Å². The topological polar surface area (TPSA) is 110 Å². The van der Waals surface area contributed by atoms with E-state index >= 15 is 0 Å². The molecular formula is C25H36N4O4S4. The van der Waals surface area contributed by atoms with Gasteiger partial charge in [-0.15, -0.1) is 23.1 Å². The van der Waals surface area contributed by atoms with E-state index in [-0.39, 0.29) is 30.7 Å². The molecule has 2 N–H and O–H groups in total. The Bertz CT molecular complexity index is 1010. The van der Waals surface area contributed by atoms with Crippen molar-refractivity contribution < 1.29 is 19.1 Å². The number of unbranched alkanes of at least 4 members (excludes halogenated alkanes) is 1. The first-order chi connectivity index (χ1) is 17.7. The minimum absolute atomic E-state index is 0.00208. The minimum Gasteiger partial charge on any atom is -0.456 e. The van der Waals surface area contributed by atoms with Crippen LogP contribution in [0.3, 0.4) is 0 Å². The van der Waals surface area contributed by atoms with Crippen molar-refractivity contribution >= 4 is 67.5 Å². The van der Waals surface area contributed by atoms with Crippen LogP contribution in [-0.4, -0.2) is 62.8 Å². The number of rotatable bonds is 9. The highest BCUT2D eigenvalue weighted by Crippen LogP contribution is 2.32. The molecule has 2 amide bonds. The highest BCUT2D eigenvalue weighted by Gasteiger charge is 2.41. The fraction of sp³-hybridized carbons (Fsp3) is 0.640. The van der Waals surface area contributed by atoms with Gasteiger partial charge in [0, 0.05) is 22.6 Å². The lowest BCUT2D eigenvalue weighted by molar-refractivity contribution is -0.153. The molecular weight excluding hydrogens is 549 g/mol. The van der Waals surface area contributed by atoms with Crippen LogP contribution in [0.15, 0.2) is 22.5 Å². The van der Waals surface area contributed by atoms with Crippen molar-refractivity contribution in [2.75, 3.05) is 17.3 Å². The van der Waals surface area contributed by atoms with Crippen LogP contribution in [0.4, 0.5) is 0 Å². The molecule has 204 valence electrons. The summed E-state index contributed by atoms with van der Waals surface area (Å²) in [5, 5.41) is 9.08. The molecule has 37 heavy (non-hydrogen) atoms. The van der Waals surface area contributed by atoms with Gasteiger partial charge in [0.1, 0.15) is 33.4 Å². The maximum atomic E-state index is 13.2. The number of thioether (sulfide) groups is 1. The smallest absolute Gasteiger partial charge is 0.329 e. The molecule has 1 aromatic rings. The Morgan fingerprint density at radius 2 is 2.05 bits per heavy atom. The number of hydrogen-bond acceptors (Lipinski definition) is 10.